The van der Waals surface area contributed by atoms with E-state index < -0.39 is 0 Å². The molecular formula is C17H18FN. The molecule has 1 N–H and O–H groups in total. The van der Waals surface area contributed by atoms with E-state index in [1.54, 1.807) is 6.07 Å². The van der Waals surface area contributed by atoms with Crippen LogP contribution in [0.3, 0.4) is 0 Å². The highest BCUT2D eigenvalue weighted by Gasteiger charge is 2.20. The Morgan fingerprint density at radius 1 is 1.11 bits per heavy atom. The molecule has 0 atom stereocenters. The fourth-order valence-electron chi connectivity index (χ4n) is 2.32. The molecule has 0 saturated heterocycles. The second-order valence-electron chi connectivity index (χ2n) is 5.30. The van der Waals surface area contributed by atoms with E-state index in [9.17, 15) is 4.39 Å². The summed E-state index contributed by atoms with van der Waals surface area (Å²) >= 11 is 0. The van der Waals surface area contributed by atoms with Gasteiger partial charge in [0.1, 0.15) is 5.82 Å². The first-order valence-electron chi connectivity index (χ1n) is 6.82. The molecule has 0 unspecified atom stereocenters. The Morgan fingerprint density at radius 3 is 2.63 bits per heavy atom. The standard InChI is InChI=1S/C17H18FN/c1-12-6-7-13(11-19-14-8-9-14)16(10-12)15-4-2-3-5-17(15)18/h2-7,10,14,19H,8-9,11H2,1H3. The zero-order valence-electron chi connectivity index (χ0n) is 11.1. The molecule has 2 heteroatoms. The van der Waals surface area contributed by atoms with Gasteiger partial charge in [0.05, 0.1) is 0 Å². The molecule has 0 amide bonds. The van der Waals surface area contributed by atoms with Gasteiger partial charge < -0.3 is 5.32 Å². The van der Waals surface area contributed by atoms with Crippen LogP contribution in [0.5, 0.6) is 0 Å². The molecule has 0 bridgehead atoms. The lowest BCUT2D eigenvalue weighted by atomic mass is 9.97. The highest BCUT2D eigenvalue weighted by molar-refractivity contribution is 5.68. The minimum Gasteiger partial charge on any atom is -0.310 e. The smallest absolute Gasteiger partial charge is 0.131 e. The average molecular weight is 255 g/mol. The van der Waals surface area contributed by atoms with Gasteiger partial charge in [-0.2, -0.15) is 0 Å². The van der Waals surface area contributed by atoms with Gasteiger partial charge in [0.2, 0.25) is 0 Å². The molecule has 3 rings (SSSR count). The molecule has 0 heterocycles. The predicted octanol–water partition coefficient (Wildman–Crippen LogP) is 4.05. The Morgan fingerprint density at radius 2 is 1.89 bits per heavy atom. The lowest BCUT2D eigenvalue weighted by molar-refractivity contribution is 0.630. The van der Waals surface area contributed by atoms with Crippen LogP contribution >= 0.6 is 0 Å². The third-order valence-electron chi connectivity index (χ3n) is 3.59. The van der Waals surface area contributed by atoms with Crippen molar-refractivity contribution in [3.05, 3.63) is 59.4 Å². The van der Waals surface area contributed by atoms with Crippen LogP contribution in [-0.2, 0) is 6.54 Å². The summed E-state index contributed by atoms with van der Waals surface area (Å²) in [7, 11) is 0. The van der Waals surface area contributed by atoms with Crippen LogP contribution in [0.15, 0.2) is 42.5 Å². The normalized spacial score (nSPS) is 14.6. The Bertz CT molecular complexity index is 588. The van der Waals surface area contributed by atoms with Crippen molar-refractivity contribution in [3.8, 4) is 11.1 Å². The first-order valence-corrected chi connectivity index (χ1v) is 6.82. The van der Waals surface area contributed by atoms with Crippen molar-refractivity contribution < 1.29 is 4.39 Å². The van der Waals surface area contributed by atoms with Gasteiger partial charge in [-0.3, -0.25) is 0 Å². The molecule has 1 fully saturated rings. The van der Waals surface area contributed by atoms with Crippen LogP contribution in [0.1, 0.15) is 24.0 Å². The first-order chi connectivity index (χ1) is 9.24. The summed E-state index contributed by atoms with van der Waals surface area (Å²) < 4.78 is 14.0. The molecule has 0 radical (unpaired) electrons. The Labute approximate surface area is 113 Å². The Kier molecular flexibility index (Phi) is 3.34. The summed E-state index contributed by atoms with van der Waals surface area (Å²) in [4.78, 5) is 0. The molecule has 1 aliphatic rings. The number of hydrogen-bond acceptors (Lipinski definition) is 1. The average Bonchev–Trinajstić information content (AvgIpc) is 3.22. The van der Waals surface area contributed by atoms with Gasteiger partial charge in [0.15, 0.2) is 0 Å². The number of benzene rings is 2. The summed E-state index contributed by atoms with van der Waals surface area (Å²) in [6, 6.07) is 13.9. The third-order valence-corrected chi connectivity index (χ3v) is 3.59. The minimum absolute atomic E-state index is 0.152. The van der Waals surface area contributed by atoms with Gasteiger partial charge in [-0.05, 0) is 37.0 Å². The zero-order valence-corrected chi connectivity index (χ0v) is 11.1. The van der Waals surface area contributed by atoms with Crippen molar-refractivity contribution in [1.82, 2.24) is 5.32 Å². The fraction of sp³-hybridized carbons (Fsp3) is 0.294. The molecule has 0 spiro atoms. The van der Waals surface area contributed by atoms with Crippen molar-refractivity contribution in [3.63, 3.8) is 0 Å². The number of rotatable bonds is 4. The van der Waals surface area contributed by atoms with E-state index in [4.69, 9.17) is 0 Å². The molecule has 1 saturated carbocycles. The summed E-state index contributed by atoms with van der Waals surface area (Å²) in [6.45, 7) is 2.86. The van der Waals surface area contributed by atoms with Crippen molar-refractivity contribution >= 4 is 0 Å². The van der Waals surface area contributed by atoms with Gasteiger partial charge in [0.25, 0.3) is 0 Å². The second kappa shape index (κ2) is 5.14. The van der Waals surface area contributed by atoms with E-state index in [-0.39, 0.29) is 5.82 Å². The first kappa shape index (κ1) is 12.4. The topological polar surface area (TPSA) is 12.0 Å². The van der Waals surface area contributed by atoms with Crippen LogP contribution in [0, 0.1) is 12.7 Å². The molecule has 1 aliphatic carbocycles. The number of nitrogens with one attached hydrogen (secondary N) is 1. The quantitative estimate of drug-likeness (QED) is 0.869. The van der Waals surface area contributed by atoms with E-state index >= 15 is 0 Å². The maximum absolute atomic E-state index is 14.0. The van der Waals surface area contributed by atoms with E-state index in [0.717, 1.165) is 17.7 Å². The summed E-state index contributed by atoms with van der Waals surface area (Å²) in [5, 5.41) is 3.50. The van der Waals surface area contributed by atoms with Crippen molar-refractivity contribution in [2.75, 3.05) is 0 Å². The van der Waals surface area contributed by atoms with Crippen LogP contribution in [0.4, 0.5) is 4.39 Å². The van der Waals surface area contributed by atoms with Crippen molar-refractivity contribution in [2.45, 2.75) is 32.4 Å². The van der Waals surface area contributed by atoms with E-state index in [1.807, 2.05) is 19.1 Å². The van der Waals surface area contributed by atoms with Crippen LogP contribution in [0.25, 0.3) is 11.1 Å². The van der Waals surface area contributed by atoms with Crippen LogP contribution < -0.4 is 5.32 Å². The van der Waals surface area contributed by atoms with Crippen LogP contribution in [-0.4, -0.2) is 6.04 Å². The van der Waals surface area contributed by atoms with Crippen molar-refractivity contribution in [2.24, 2.45) is 0 Å². The SMILES string of the molecule is Cc1ccc(CNC2CC2)c(-c2ccccc2F)c1. The molecule has 2 aromatic rings. The molecule has 0 aliphatic heterocycles. The van der Waals surface area contributed by atoms with E-state index in [2.05, 4.69) is 23.5 Å². The minimum atomic E-state index is -0.152. The highest BCUT2D eigenvalue weighted by Crippen LogP contribution is 2.28. The molecular weight excluding hydrogens is 237 g/mol. The lowest BCUT2D eigenvalue weighted by Gasteiger charge is -2.12. The molecule has 2 aromatic carbocycles. The van der Waals surface area contributed by atoms with Gasteiger partial charge in [0, 0.05) is 18.2 Å². The lowest BCUT2D eigenvalue weighted by Crippen LogP contribution is -2.16. The largest absolute Gasteiger partial charge is 0.310 e. The zero-order chi connectivity index (χ0) is 13.2. The molecule has 0 aromatic heterocycles. The molecule has 98 valence electrons. The maximum Gasteiger partial charge on any atom is 0.131 e. The maximum atomic E-state index is 14.0. The Hall–Kier alpha value is -1.67. The van der Waals surface area contributed by atoms with Gasteiger partial charge in [-0.1, -0.05) is 42.0 Å². The van der Waals surface area contributed by atoms with Gasteiger partial charge >= 0.3 is 0 Å². The van der Waals surface area contributed by atoms with E-state index in [1.165, 1.54) is 24.5 Å². The van der Waals surface area contributed by atoms with Gasteiger partial charge in [-0.25, -0.2) is 4.39 Å². The predicted molar refractivity (Wildman–Crippen MR) is 76.4 cm³/mol. The van der Waals surface area contributed by atoms with E-state index in [0.29, 0.717) is 11.6 Å². The number of halogens is 1. The monoisotopic (exact) mass is 255 g/mol. The van der Waals surface area contributed by atoms with Gasteiger partial charge in [-0.15, -0.1) is 0 Å². The van der Waals surface area contributed by atoms with Crippen molar-refractivity contribution in [1.29, 1.82) is 0 Å². The molecule has 19 heavy (non-hydrogen) atoms. The summed E-state index contributed by atoms with van der Waals surface area (Å²) in [5.41, 5.74) is 4.03. The number of hydrogen-bond donors (Lipinski definition) is 1. The van der Waals surface area contributed by atoms with Crippen LogP contribution in [0.2, 0.25) is 0 Å². The second-order valence-corrected chi connectivity index (χ2v) is 5.30. The Balaban J connectivity index is 1.97. The highest BCUT2D eigenvalue weighted by atomic mass is 19.1. The third kappa shape index (κ3) is 2.85. The number of aryl methyl sites for hydroxylation is 1. The summed E-state index contributed by atoms with van der Waals surface area (Å²) in [6.07, 6.45) is 2.53. The summed E-state index contributed by atoms with van der Waals surface area (Å²) in [5.74, 6) is -0.152. The fourth-order valence-corrected chi connectivity index (χ4v) is 2.32. The molecule has 1 nitrogen and oxygen atoms in total.